The molecule has 0 aromatic heterocycles. The number of carbonyl (C=O) groups is 1. The van der Waals surface area contributed by atoms with E-state index in [-0.39, 0.29) is 35.4 Å². The molecular weight excluding hydrogens is 392 g/mol. The lowest BCUT2D eigenvalue weighted by atomic mass is 10.2. The largest absolute Gasteiger partial charge is 0.486 e. The van der Waals surface area contributed by atoms with Crippen LogP contribution in [0.2, 0.25) is 0 Å². The molecule has 1 amide bonds. The Hall–Kier alpha value is -2.29. The van der Waals surface area contributed by atoms with Gasteiger partial charge in [-0.15, -0.1) is 12.4 Å². The number of hydrogen-bond acceptors (Lipinski definition) is 6. The van der Waals surface area contributed by atoms with Crippen molar-refractivity contribution in [3.63, 3.8) is 0 Å². The second-order valence-corrected chi connectivity index (χ2v) is 7.93. The minimum Gasteiger partial charge on any atom is -0.486 e. The first-order valence-electron chi connectivity index (χ1n) is 8.19. The number of fused-ring (bicyclic) bond motifs is 1. The standard InChI is InChI=1S/C18H20N2O5S.ClH/c19-12-13-1-3-14(4-2-13)20-18(21)7-10-26(22,23)15-5-6-16-17(11-15)25-9-8-24-16;/h1-6,11H,7-10,12,19H2,(H,20,21);1H. The highest BCUT2D eigenvalue weighted by Gasteiger charge is 2.20. The highest BCUT2D eigenvalue weighted by Crippen LogP contribution is 2.32. The predicted molar refractivity (Wildman–Crippen MR) is 104 cm³/mol. The fraction of sp³-hybridized carbons (Fsp3) is 0.278. The highest BCUT2D eigenvalue weighted by molar-refractivity contribution is 7.91. The molecule has 9 heteroatoms. The predicted octanol–water partition coefficient (Wildman–Crippen LogP) is 2.14. The van der Waals surface area contributed by atoms with E-state index in [1.807, 2.05) is 12.1 Å². The van der Waals surface area contributed by atoms with Gasteiger partial charge in [-0.2, -0.15) is 0 Å². The molecule has 0 spiro atoms. The lowest BCUT2D eigenvalue weighted by molar-refractivity contribution is -0.115. The number of rotatable bonds is 6. The van der Waals surface area contributed by atoms with Crippen LogP contribution in [-0.4, -0.2) is 33.3 Å². The van der Waals surface area contributed by atoms with E-state index < -0.39 is 9.84 Å². The van der Waals surface area contributed by atoms with Crippen molar-refractivity contribution in [2.75, 3.05) is 24.3 Å². The number of amides is 1. The van der Waals surface area contributed by atoms with Crippen molar-refractivity contribution in [1.82, 2.24) is 0 Å². The fourth-order valence-corrected chi connectivity index (χ4v) is 3.76. The Labute approximate surface area is 164 Å². The molecule has 0 unspecified atom stereocenters. The Bertz CT molecular complexity index is 900. The summed E-state index contributed by atoms with van der Waals surface area (Å²) < 4.78 is 35.7. The Morgan fingerprint density at radius 1 is 1.04 bits per heavy atom. The van der Waals surface area contributed by atoms with Crippen LogP contribution in [0, 0.1) is 0 Å². The maximum Gasteiger partial charge on any atom is 0.225 e. The second-order valence-electron chi connectivity index (χ2n) is 5.82. The number of benzene rings is 2. The molecule has 1 aliphatic rings. The number of anilines is 1. The van der Waals surface area contributed by atoms with Crippen LogP contribution < -0.4 is 20.5 Å². The first-order valence-corrected chi connectivity index (χ1v) is 9.84. The molecule has 0 fully saturated rings. The summed E-state index contributed by atoms with van der Waals surface area (Å²) in [5.74, 6) is 0.265. The van der Waals surface area contributed by atoms with E-state index in [1.54, 1.807) is 18.2 Å². The summed E-state index contributed by atoms with van der Waals surface area (Å²) in [4.78, 5) is 12.1. The smallest absolute Gasteiger partial charge is 0.225 e. The van der Waals surface area contributed by atoms with Crippen molar-refractivity contribution in [1.29, 1.82) is 0 Å². The van der Waals surface area contributed by atoms with Crippen molar-refractivity contribution < 1.29 is 22.7 Å². The third kappa shape index (κ3) is 5.35. The summed E-state index contributed by atoms with van der Waals surface area (Å²) in [6.07, 6.45) is -0.143. The average molecular weight is 413 g/mol. The molecular formula is C18H21ClN2O5S. The molecule has 0 saturated carbocycles. The number of nitrogens with one attached hydrogen (secondary N) is 1. The number of sulfone groups is 1. The van der Waals surface area contributed by atoms with E-state index >= 15 is 0 Å². The molecule has 3 N–H and O–H groups in total. The van der Waals surface area contributed by atoms with Gasteiger partial charge in [-0.25, -0.2) is 8.42 Å². The van der Waals surface area contributed by atoms with Gasteiger partial charge < -0.3 is 20.5 Å². The van der Waals surface area contributed by atoms with Gasteiger partial charge in [0.05, 0.1) is 10.6 Å². The Balaban J connectivity index is 0.00000261. The minimum absolute atomic E-state index is 0. The van der Waals surface area contributed by atoms with Crippen molar-refractivity contribution in [3.8, 4) is 11.5 Å². The minimum atomic E-state index is -3.60. The van der Waals surface area contributed by atoms with Crippen molar-refractivity contribution in [3.05, 3.63) is 48.0 Å². The van der Waals surface area contributed by atoms with E-state index in [9.17, 15) is 13.2 Å². The summed E-state index contributed by atoms with van der Waals surface area (Å²) in [5, 5.41) is 2.68. The van der Waals surface area contributed by atoms with Crippen molar-refractivity contribution in [2.45, 2.75) is 17.9 Å². The summed E-state index contributed by atoms with van der Waals surface area (Å²) in [6, 6.07) is 11.5. The Kier molecular flexibility index (Phi) is 7.06. The maximum atomic E-state index is 12.5. The molecule has 0 bridgehead atoms. The van der Waals surface area contributed by atoms with E-state index in [4.69, 9.17) is 15.2 Å². The highest BCUT2D eigenvalue weighted by atomic mass is 35.5. The molecule has 0 saturated heterocycles. The molecule has 146 valence electrons. The molecule has 2 aromatic carbocycles. The van der Waals surface area contributed by atoms with Gasteiger partial charge in [0.25, 0.3) is 0 Å². The van der Waals surface area contributed by atoms with Gasteiger partial charge in [0, 0.05) is 24.7 Å². The SMILES string of the molecule is Cl.NCc1ccc(NC(=O)CCS(=O)(=O)c2ccc3c(c2)OCCO3)cc1. The summed E-state index contributed by atoms with van der Waals surface area (Å²) in [6.45, 7) is 1.23. The average Bonchev–Trinajstić information content (AvgIpc) is 2.67. The normalized spacial score (nSPS) is 12.8. The van der Waals surface area contributed by atoms with Gasteiger partial charge in [0.2, 0.25) is 5.91 Å². The number of carbonyl (C=O) groups excluding carboxylic acids is 1. The summed E-state index contributed by atoms with van der Waals surface area (Å²) in [7, 11) is -3.60. The lowest BCUT2D eigenvalue weighted by Gasteiger charge is -2.18. The van der Waals surface area contributed by atoms with Gasteiger partial charge in [0.15, 0.2) is 21.3 Å². The Morgan fingerprint density at radius 2 is 1.70 bits per heavy atom. The van der Waals surface area contributed by atoms with E-state index in [0.717, 1.165) is 5.56 Å². The van der Waals surface area contributed by atoms with Gasteiger partial charge in [-0.1, -0.05) is 12.1 Å². The third-order valence-corrected chi connectivity index (χ3v) is 5.66. The van der Waals surface area contributed by atoms with Crippen LogP contribution >= 0.6 is 12.4 Å². The van der Waals surface area contributed by atoms with Crippen LogP contribution in [-0.2, 0) is 21.2 Å². The summed E-state index contributed by atoms with van der Waals surface area (Å²) in [5.41, 5.74) is 7.07. The quantitative estimate of drug-likeness (QED) is 0.752. The van der Waals surface area contributed by atoms with Crippen LogP contribution in [0.15, 0.2) is 47.4 Å². The molecule has 0 atom stereocenters. The van der Waals surface area contributed by atoms with Gasteiger partial charge in [-0.05, 0) is 29.8 Å². The molecule has 1 heterocycles. The van der Waals surface area contributed by atoms with Crippen molar-refractivity contribution >= 4 is 33.8 Å². The molecule has 0 radical (unpaired) electrons. The molecule has 3 rings (SSSR count). The van der Waals surface area contributed by atoms with Crippen LogP contribution in [0.5, 0.6) is 11.5 Å². The zero-order valence-electron chi connectivity index (χ0n) is 14.5. The topological polar surface area (TPSA) is 108 Å². The fourth-order valence-electron chi connectivity index (χ4n) is 2.51. The van der Waals surface area contributed by atoms with Gasteiger partial charge in [-0.3, -0.25) is 4.79 Å². The van der Waals surface area contributed by atoms with Gasteiger partial charge >= 0.3 is 0 Å². The second kappa shape index (κ2) is 9.07. The molecule has 7 nitrogen and oxygen atoms in total. The van der Waals surface area contributed by atoms with E-state index in [0.29, 0.717) is 36.9 Å². The summed E-state index contributed by atoms with van der Waals surface area (Å²) >= 11 is 0. The molecule has 0 aliphatic carbocycles. The zero-order chi connectivity index (χ0) is 18.6. The number of nitrogens with two attached hydrogens (primary N) is 1. The van der Waals surface area contributed by atoms with Crippen molar-refractivity contribution in [2.24, 2.45) is 5.73 Å². The first-order chi connectivity index (χ1) is 12.5. The van der Waals surface area contributed by atoms with Crippen LogP contribution in [0.4, 0.5) is 5.69 Å². The lowest BCUT2D eigenvalue weighted by Crippen LogP contribution is -2.18. The number of hydrogen-bond donors (Lipinski definition) is 2. The maximum absolute atomic E-state index is 12.5. The van der Waals surface area contributed by atoms with Crippen LogP contribution in [0.25, 0.3) is 0 Å². The monoisotopic (exact) mass is 412 g/mol. The molecule has 1 aliphatic heterocycles. The van der Waals surface area contributed by atoms with E-state index in [1.165, 1.54) is 12.1 Å². The van der Waals surface area contributed by atoms with E-state index in [2.05, 4.69) is 5.32 Å². The van der Waals surface area contributed by atoms with Crippen LogP contribution in [0.3, 0.4) is 0 Å². The molecule has 27 heavy (non-hydrogen) atoms. The van der Waals surface area contributed by atoms with Gasteiger partial charge in [0.1, 0.15) is 13.2 Å². The molecule has 2 aromatic rings. The Morgan fingerprint density at radius 3 is 2.37 bits per heavy atom. The third-order valence-electron chi connectivity index (χ3n) is 3.94. The number of halogens is 1. The first kappa shape index (κ1) is 21.0. The van der Waals surface area contributed by atoms with Crippen LogP contribution in [0.1, 0.15) is 12.0 Å². The zero-order valence-corrected chi connectivity index (χ0v) is 16.1. The number of ether oxygens (including phenoxy) is 2.